The van der Waals surface area contributed by atoms with Crippen molar-refractivity contribution in [1.82, 2.24) is 10.6 Å². The zero-order valence-corrected chi connectivity index (χ0v) is 16.8. The van der Waals surface area contributed by atoms with Crippen LogP contribution in [0.5, 0.6) is 0 Å². The first-order chi connectivity index (χ1) is 9.42. The maximum Gasteiger partial charge on any atom is 0.191 e. The summed E-state index contributed by atoms with van der Waals surface area (Å²) in [5.41, 5.74) is 0.648. The Kier molecular flexibility index (Phi) is 10.7. The second-order valence-electron chi connectivity index (χ2n) is 4.04. The van der Waals surface area contributed by atoms with Crippen molar-refractivity contribution in [3.63, 3.8) is 0 Å². The van der Waals surface area contributed by atoms with Crippen molar-refractivity contribution in [3.8, 4) is 0 Å². The van der Waals surface area contributed by atoms with E-state index in [0.29, 0.717) is 28.1 Å². The van der Waals surface area contributed by atoms with Crippen molar-refractivity contribution in [1.29, 1.82) is 0 Å². The van der Waals surface area contributed by atoms with Gasteiger partial charge in [0.05, 0.1) is 6.10 Å². The standard InChI is InChI=1S/C13H16BrCl2N3O.HI/c1-8(14)6-18-13(17-2)19-7-12(20)9-3-10(15)5-11(16)4-9;/h3-5,12,20H,1,6-7H2,2H3,(H2,17,18,19);1H. The van der Waals surface area contributed by atoms with Gasteiger partial charge < -0.3 is 15.7 Å². The molecule has 21 heavy (non-hydrogen) atoms. The van der Waals surface area contributed by atoms with Gasteiger partial charge in [-0.2, -0.15) is 0 Å². The molecule has 1 aromatic carbocycles. The predicted octanol–water partition coefficient (Wildman–Crippen LogP) is 3.72. The fourth-order valence-corrected chi connectivity index (χ4v) is 2.16. The molecule has 3 N–H and O–H groups in total. The van der Waals surface area contributed by atoms with Gasteiger partial charge in [0.2, 0.25) is 0 Å². The molecule has 0 aliphatic rings. The number of halogens is 4. The molecule has 0 aromatic heterocycles. The average Bonchev–Trinajstić information content (AvgIpc) is 2.37. The third-order valence-electron chi connectivity index (χ3n) is 2.40. The van der Waals surface area contributed by atoms with E-state index >= 15 is 0 Å². The number of aliphatic imine (C=N–C) groups is 1. The van der Waals surface area contributed by atoms with Gasteiger partial charge in [-0.25, -0.2) is 0 Å². The highest BCUT2D eigenvalue weighted by Gasteiger charge is 2.10. The number of aliphatic hydroxyl groups is 1. The normalized spacial score (nSPS) is 12.3. The lowest BCUT2D eigenvalue weighted by Gasteiger charge is -2.16. The molecule has 1 rings (SSSR count). The Balaban J connectivity index is 0.00000400. The van der Waals surface area contributed by atoms with Crippen molar-refractivity contribution in [2.75, 3.05) is 20.1 Å². The Morgan fingerprint density at radius 3 is 2.38 bits per heavy atom. The van der Waals surface area contributed by atoms with E-state index in [1.165, 1.54) is 0 Å². The minimum absolute atomic E-state index is 0. The molecule has 0 radical (unpaired) electrons. The smallest absolute Gasteiger partial charge is 0.191 e. The monoisotopic (exact) mass is 507 g/mol. The molecule has 1 aromatic rings. The minimum Gasteiger partial charge on any atom is -0.387 e. The lowest BCUT2D eigenvalue weighted by atomic mass is 10.1. The lowest BCUT2D eigenvalue weighted by Crippen LogP contribution is -2.39. The van der Waals surface area contributed by atoms with Gasteiger partial charge in [0, 0.05) is 34.7 Å². The Morgan fingerprint density at radius 1 is 1.33 bits per heavy atom. The van der Waals surface area contributed by atoms with E-state index in [2.05, 4.69) is 38.1 Å². The zero-order chi connectivity index (χ0) is 15.1. The molecule has 0 aliphatic heterocycles. The predicted molar refractivity (Wildman–Crippen MR) is 104 cm³/mol. The van der Waals surface area contributed by atoms with Crippen LogP contribution in [0.4, 0.5) is 0 Å². The molecular formula is C13H17BrCl2IN3O. The maximum absolute atomic E-state index is 10.1. The minimum atomic E-state index is -0.739. The maximum atomic E-state index is 10.1. The molecule has 0 fully saturated rings. The third kappa shape index (κ3) is 8.25. The summed E-state index contributed by atoms with van der Waals surface area (Å²) in [6, 6.07) is 4.97. The van der Waals surface area contributed by atoms with Gasteiger partial charge >= 0.3 is 0 Å². The van der Waals surface area contributed by atoms with Crippen molar-refractivity contribution < 1.29 is 5.11 Å². The Morgan fingerprint density at radius 2 is 1.90 bits per heavy atom. The molecule has 0 bridgehead atoms. The summed E-state index contributed by atoms with van der Waals surface area (Å²) < 4.78 is 0.808. The molecule has 8 heteroatoms. The fourth-order valence-electron chi connectivity index (χ4n) is 1.48. The largest absolute Gasteiger partial charge is 0.387 e. The van der Waals surface area contributed by atoms with Crippen molar-refractivity contribution in [2.24, 2.45) is 4.99 Å². The van der Waals surface area contributed by atoms with Crippen LogP contribution in [0, 0.1) is 0 Å². The first kappa shape index (κ1) is 21.0. The first-order valence-corrected chi connectivity index (χ1v) is 7.39. The summed E-state index contributed by atoms with van der Waals surface area (Å²) in [6.45, 7) is 4.54. The van der Waals surface area contributed by atoms with Gasteiger partial charge in [-0.3, -0.25) is 4.99 Å². The molecule has 0 heterocycles. The summed E-state index contributed by atoms with van der Waals surface area (Å²) in [5.74, 6) is 0.567. The van der Waals surface area contributed by atoms with Gasteiger partial charge in [-0.05, 0) is 23.8 Å². The molecule has 0 saturated carbocycles. The van der Waals surface area contributed by atoms with E-state index < -0.39 is 6.10 Å². The van der Waals surface area contributed by atoms with Gasteiger partial charge in [0.1, 0.15) is 0 Å². The summed E-state index contributed by atoms with van der Waals surface area (Å²) in [7, 11) is 1.65. The molecule has 0 saturated heterocycles. The van der Waals surface area contributed by atoms with Crippen LogP contribution in [-0.4, -0.2) is 31.2 Å². The lowest BCUT2D eigenvalue weighted by molar-refractivity contribution is 0.181. The van der Waals surface area contributed by atoms with Crippen molar-refractivity contribution in [2.45, 2.75) is 6.10 Å². The second-order valence-corrected chi connectivity index (χ2v) is 6.04. The number of nitrogens with zero attached hydrogens (tertiary/aromatic N) is 1. The number of hydrogen-bond acceptors (Lipinski definition) is 2. The van der Waals surface area contributed by atoms with Crippen molar-refractivity contribution in [3.05, 3.63) is 44.9 Å². The fraction of sp³-hybridized carbons (Fsp3) is 0.308. The Hall–Kier alpha value is -0.0200. The van der Waals surface area contributed by atoms with Gasteiger partial charge in [-0.15, -0.1) is 24.0 Å². The van der Waals surface area contributed by atoms with E-state index in [1.807, 2.05) is 0 Å². The van der Waals surface area contributed by atoms with Crippen LogP contribution in [0.2, 0.25) is 10.0 Å². The highest BCUT2D eigenvalue weighted by Crippen LogP contribution is 2.23. The van der Waals surface area contributed by atoms with Crippen LogP contribution in [0.15, 0.2) is 34.3 Å². The highest BCUT2D eigenvalue weighted by molar-refractivity contribution is 14.0. The number of rotatable bonds is 5. The van der Waals surface area contributed by atoms with Crippen LogP contribution in [0.1, 0.15) is 11.7 Å². The van der Waals surface area contributed by atoms with Gasteiger partial charge in [-0.1, -0.05) is 45.7 Å². The first-order valence-electron chi connectivity index (χ1n) is 5.84. The Labute approximate surface area is 160 Å². The molecule has 0 spiro atoms. The van der Waals surface area contributed by atoms with Crippen LogP contribution >= 0.6 is 63.1 Å². The topological polar surface area (TPSA) is 56.7 Å². The van der Waals surface area contributed by atoms with Gasteiger partial charge in [0.15, 0.2) is 5.96 Å². The summed E-state index contributed by atoms with van der Waals surface area (Å²) in [5, 5.41) is 17.1. The summed E-state index contributed by atoms with van der Waals surface area (Å²) >= 11 is 15.0. The molecule has 1 atom stereocenters. The molecule has 4 nitrogen and oxygen atoms in total. The van der Waals surface area contributed by atoms with Crippen molar-refractivity contribution >= 4 is 69.1 Å². The zero-order valence-electron chi connectivity index (χ0n) is 11.4. The molecule has 118 valence electrons. The summed E-state index contributed by atoms with van der Waals surface area (Å²) in [6.07, 6.45) is -0.739. The molecule has 0 amide bonds. The highest BCUT2D eigenvalue weighted by atomic mass is 127. The number of aliphatic hydroxyl groups excluding tert-OH is 1. The van der Waals surface area contributed by atoms with Crippen LogP contribution in [0.25, 0.3) is 0 Å². The van der Waals surface area contributed by atoms with E-state index in [1.54, 1.807) is 25.2 Å². The van der Waals surface area contributed by atoms with Crippen LogP contribution < -0.4 is 10.6 Å². The number of nitrogens with one attached hydrogen (secondary N) is 2. The van der Waals surface area contributed by atoms with Crippen LogP contribution in [0.3, 0.4) is 0 Å². The number of benzene rings is 1. The van der Waals surface area contributed by atoms with Crippen LogP contribution in [-0.2, 0) is 0 Å². The summed E-state index contributed by atoms with van der Waals surface area (Å²) in [4.78, 5) is 4.03. The number of guanidine groups is 1. The van der Waals surface area contributed by atoms with E-state index in [4.69, 9.17) is 23.2 Å². The Bertz CT molecular complexity index is 494. The average molecular weight is 509 g/mol. The number of hydrogen-bond donors (Lipinski definition) is 3. The van der Waals surface area contributed by atoms with E-state index in [-0.39, 0.29) is 30.5 Å². The second kappa shape index (κ2) is 10.7. The molecule has 1 unspecified atom stereocenters. The van der Waals surface area contributed by atoms with E-state index in [0.717, 1.165) is 4.48 Å². The SMILES string of the molecule is C=C(Br)CNC(=NC)NCC(O)c1cc(Cl)cc(Cl)c1.I. The molecular weight excluding hydrogens is 492 g/mol. The van der Waals surface area contributed by atoms with E-state index in [9.17, 15) is 5.11 Å². The van der Waals surface area contributed by atoms with Gasteiger partial charge in [0.25, 0.3) is 0 Å². The third-order valence-corrected chi connectivity index (χ3v) is 3.12. The quantitative estimate of drug-likeness (QED) is 0.323. The molecule has 0 aliphatic carbocycles.